The van der Waals surface area contributed by atoms with Gasteiger partial charge in [0.05, 0.1) is 60.1 Å². The van der Waals surface area contributed by atoms with E-state index in [1.54, 1.807) is 0 Å². The smallest absolute Gasteiger partial charge is 0.305 e. The quantitative estimate of drug-likeness (QED) is 0.0184. The number of fused-ring (bicyclic) bond motifs is 2. The second kappa shape index (κ2) is 36.2. The summed E-state index contributed by atoms with van der Waals surface area (Å²) >= 11 is 24.0. The summed E-state index contributed by atoms with van der Waals surface area (Å²) in [4.78, 5) is 92.7. The molecule has 22 heteroatoms. The lowest BCUT2D eigenvalue weighted by Crippen LogP contribution is -2.40. The van der Waals surface area contributed by atoms with Crippen molar-refractivity contribution in [2.75, 3.05) is 98.9 Å². The van der Waals surface area contributed by atoms with Crippen molar-refractivity contribution in [3.63, 3.8) is 0 Å². The van der Waals surface area contributed by atoms with Crippen molar-refractivity contribution < 1.29 is 38.2 Å². The number of carbonyl (C=O) groups excluding carboxylic acids is 6. The molecule has 82 heavy (non-hydrogen) atoms. The largest absolute Gasteiger partial charge is 0.464 e. The summed E-state index contributed by atoms with van der Waals surface area (Å²) in [5.74, 6) is 2.02. The van der Waals surface area contributed by atoms with E-state index in [-0.39, 0.29) is 87.6 Å². The molecule has 2 aliphatic heterocycles. The molecule has 2 N–H and O–H groups in total. The molecule has 0 spiro atoms. The Labute approximate surface area is 504 Å². The topological polar surface area (TPSA) is 194 Å². The van der Waals surface area contributed by atoms with Crippen molar-refractivity contribution >= 4 is 115 Å². The number of aryl methyl sites for hydroxylation is 4. The molecule has 18 nitrogen and oxygen atoms in total. The van der Waals surface area contributed by atoms with Gasteiger partial charge in [-0.05, 0) is 75.2 Å². The fourth-order valence-electron chi connectivity index (χ4n) is 11.0. The summed E-state index contributed by atoms with van der Waals surface area (Å²) in [5.41, 5.74) is 5.78. The van der Waals surface area contributed by atoms with Crippen LogP contribution < -0.4 is 20.4 Å². The van der Waals surface area contributed by atoms with Crippen LogP contribution in [0.1, 0.15) is 140 Å². The third kappa shape index (κ3) is 20.5. The van der Waals surface area contributed by atoms with Crippen molar-refractivity contribution in [1.29, 1.82) is 0 Å². The zero-order valence-electron chi connectivity index (χ0n) is 48.4. The average molecular weight is 1220 g/mol. The molecule has 4 aromatic rings. The third-order valence-electron chi connectivity index (χ3n) is 15.7. The molecule has 2 saturated heterocycles. The number of esters is 2. The van der Waals surface area contributed by atoms with E-state index in [0.717, 1.165) is 83.6 Å². The maximum atomic E-state index is 13.0. The number of nitrogens with zero attached hydrogens (tertiary/aromatic N) is 8. The fourth-order valence-corrected chi connectivity index (χ4v) is 11.8. The van der Waals surface area contributed by atoms with E-state index in [9.17, 15) is 28.8 Å². The Morgan fingerprint density at radius 3 is 1.21 bits per heavy atom. The van der Waals surface area contributed by atoms with Crippen molar-refractivity contribution in [3.05, 3.63) is 48.0 Å². The zero-order valence-corrected chi connectivity index (χ0v) is 51.5. The zero-order chi connectivity index (χ0) is 58.6. The van der Waals surface area contributed by atoms with Crippen LogP contribution in [0.15, 0.2) is 36.4 Å². The Balaban J connectivity index is 0.694. The van der Waals surface area contributed by atoms with E-state index in [4.69, 9.17) is 65.8 Å². The molecule has 0 aliphatic carbocycles. The number of amides is 4. The molecule has 4 heterocycles. The van der Waals surface area contributed by atoms with Gasteiger partial charge in [0.25, 0.3) is 0 Å². The number of imide groups is 2. The van der Waals surface area contributed by atoms with E-state index in [2.05, 4.69) is 20.4 Å². The van der Waals surface area contributed by atoms with Crippen LogP contribution in [0.2, 0.25) is 0 Å². The fraction of sp³-hybridized carbons (Fsp3) is 0.667. The normalized spacial score (nSPS) is 15.5. The minimum absolute atomic E-state index is 0.0206. The van der Waals surface area contributed by atoms with Gasteiger partial charge in [-0.2, -0.15) is 0 Å². The van der Waals surface area contributed by atoms with Gasteiger partial charge < -0.3 is 39.0 Å². The number of hydrogen-bond donors (Lipinski definition) is 2. The molecule has 2 aliphatic rings. The summed E-state index contributed by atoms with van der Waals surface area (Å²) in [5, 5.41) is 6.54. The van der Waals surface area contributed by atoms with E-state index < -0.39 is 12.1 Å². The van der Waals surface area contributed by atoms with Gasteiger partial charge in [0, 0.05) is 101 Å². The van der Waals surface area contributed by atoms with Crippen molar-refractivity contribution in [2.45, 2.75) is 153 Å². The molecule has 2 aromatic carbocycles. The number of rotatable bonds is 43. The molecule has 0 bridgehead atoms. The molecule has 2 fully saturated rings. The van der Waals surface area contributed by atoms with E-state index in [1.165, 1.54) is 61.2 Å². The van der Waals surface area contributed by atoms with Gasteiger partial charge >= 0.3 is 11.9 Å². The number of carbonyl (C=O) groups is 6. The Hall–Kier alpha value is -4.72. The number of hydrogen-bond acceptors (Lipinski definition) is 14. The summed E-state index contributed by atoms with van der Waals surface area (Å²) in [6.45, 7) is 4.21. The first kappa shape index (κ1) is 66.4. The third-order valence-corrected chi connectivity index (χ3v) is 16.3. The van der Waals surface area contributed by atoms with Crippen molar-refractivity contribution in [3.8, 4) is 0 Å². The number of aromatic nitrogens is 4. The van der Waals surface area contributed by atoms with Gasteiger partial charge in [-0.1, -0.05) is 77.0 Å². The molecule has 6 rings (SSSR count). The van der Waals surface area contributed by atoms with Gasteiger partial charge in [0.2, 0.25) is 23.6 Å². The van der Waals surface area contributed by atoms with Crippen LogP contribution >= 0.6 is 46.4 Å². The van der Waals surface area contributed by atoms with Crippen molar-refractivity contribution in [1.82, 2.24) is 39.5 Å². The van der Waals surface area contributed by atoms with E-state index in [0.29, 0.717) is 88.5 Å². The minimum Gasteiger partial charge on any atom is -0.464 e. The number of likely N-dealkylation sites (tertiary alicyclic amines) is 2. The van der Waals surface area contributed by atoms with Crippen LogP contribution in [-0.4, -0.2) is 166 Å². The lowest BCUT2D eigenvalue weighted by Gasteiger charge is -2.22. The monoisotopic (exact) mass is 1220 g/mol. The number of imidazole rings is 2. The highest BCUT2D eigenvalue weighted by Gasteiger charge is 2.39. The highest BCUT2D eigenvalue weighted by Crippen LogP contribution is 2.26. The lowest BCUT2D eigenvalue weighted by molar-refractivity contribution is -0.148. The second-order valence-corrected chi connectivity index (χ2v) is 23.0. The van der Waals surface area contributed by atoms with Crippen LogP contribution in [0.5, 0.6) is 0 Å². The van der Waals surface area contributed by atoms with Crippen molar-refractivity contribution in [2.24, 2.45) is 14.1 Å². The summed E-state index contributed by atoms with van der Waals surface area (Å²) < 4.78 is 14.9. The molecule has 0 saturated carbocycles. The number of anilines is 2. The van der Waals surface area contributed by atoms with Crippen LogP contribution in [0.4, 0.5) is 11.4 Å². The first-order valence-electron chi connectivity index (χ1n) is 30.0. The maximum Gasteiger partial charge on any atom is 0.305 e. The first-order chi connectivity index (χ1) is 39.9. The highest BCUT2D eigenvalue weighted by molar-refractivity contribution is 6.19. The summed E-state index contributed by atoms with van der Waals surface area (Å²) in [7, 11) is 3.93. The SMILES string of the molecule is Cn1c(CCCC(=O)OCCN2C(=O)CC(NCCCCCCCCCCCCCCCCNC3CC(=O)N(CCOC(=O)CCCc4nc5cc(N(CCCl)CCCl)ccc5n4C)C3=O)C2=O)nc2cc(N(CCCl)CCCl)ccc21. The number of alkyl halides is 4. The van der Waals surface area contributed by atoms with Gasteiger partial charge in [-0.25, -0.2) is 9.97 Å². The Morgan fingerprint density at radius 2 is 0.866 bits per heavy atom. The van der Waals surface area contributed by atoms with Crippen LogP contribution in [-0.2, 0) is 65.2 Å². The predicted molar refractivity (Wildman–Crippen MR) is 327 cm³/mol. The Kier molecular flexibility index (Phi) is 29.3. The van der Waals surface area contributed by atoms with E-state index in [1.807, 2.05) is 59.6 Å². The summed E-state index contributed by atoms with van der Waals surface area (Å²) in [6.07, 6.45) is 19.2. The number of nitrogens with one attached hydrogen (secondary N) is 2. The number of unbranched alkanes of at least 4 members (excludes halogenated alkanes) is 13. The van der Waals surface area contributed by atoms with Crippen LogP contribution in [0, 0.1) is 0 Å². The summed E-state index contributed by atoms with van der Waals surface area (Å²) in [6, 6.07) is 11.2. The molecule has 0 radical (unpaired) electrons. The molecular formula is C60H88Cl4N10O8. The number of halogens is 4. The standard InChI is InChI=1S/C60H88Cl4N10O8/c1-69-51-25-23-45(71(33-27-61)34-28-62)41-47(51)67-53(69)19-17-21-57(77)81-39-37-73-55(75)43-49(59(73)79)65-31-15-13-11-9-7-5-3-4-6-8-10-12-14-16-32-66-50-44-56(76)74(60(50)80)38-40-82-58(78)22-18-20-54-68-48-42-46(24-26-52(48)70(54)2)72(35-29-63)36-30-64/h23-26,41-42,49-50,65-66H,3-22,27-40,43-44H2,1-2H3. The molecule has 2 unspecified atom stereocenters. The maximum absolute atomic E-state index is 13.0. The predicted octanol–water partition coefficient (Wildman–Crippen LogP) is 9.36. The van der Waals surface area contributed by atoms with E-state index >= 15 is 0 Å². The Morgan fingerprint density at radius 1 is 0.524 bits per heavy atom. The van der Waals surface area contributed by atoms with Crippen LogP contribution in [0.3, 0.4) is 0 Å². The minimum atomic E-state index is -0.525. The van der Waals surface area contributed by atoms with Gasteiger partial charge in [-0.15, -0.1) is 46.4 Å². The van der Waals surface area contributed by atoms with Crippen LogP contribution in [0.25, 0.3) is 22.1 Å². The van der Waals surface area contributed by atoms with Gasteiger partial charge in [0.1, 0.15) is 24.9 Å². The molecule has 454 valence electrons. The van der Waals surface area contributed by atoms with Gasteiger partial charge in [0.15, 0.2) is 0 Å². The average Bonchev–Trinajstić information content (AvgIpc) is 4.26. The van der Waals surface area contributed by atoms with Gasteiger partial charge in [-0.3, -0.25) is 38.6 Å². The number of ether oxygens (including phenoxy) is 2. The molecule has 2 atom stereocenters. The molecule has 2 aromatic heterocycles. The highest BCUT2D eigenvalue weighted by atomic mass is 35.5. The first-order valence-corrected chi connectivity index (χ1v) is 32.1. The molecular weight excluding hydrogens is 1130 g/mol. The molecule has 4 amide bonds. The number of benzene rings is 2. The second-order valence-electron chi connectivity index (χ2n) is 21.5. The lowest BCUT2D eigenvalue weighted by atomic mass is 10.0. The Bertz CT molecular complexity index is 2480.